The molecule has 1 aliphatic rings. The lowest BCUT2D eigenvalue weighted by Gasteiger charge is -2.28. The van der Waals surface area contributed by atoms with E-state index in [4.69, 9.17) is 15.9 Å². The van der Waals surface area contributed by atoms with Crippen molar-refractivity contribution in [2.45, 2.75) is 77.7 Å². The highest BCUT2D eigenvalue weighted by molar-refractivity contribution is 6.76. The van der Waals surface area contributed by atoms with Gasteiger partial charge in [0.15, 0.2) is 0 Å². The van der Waals surface area contributed by atoms with Gasteiger partial charge in [-0.15, -0.1) is 6.42 Å². The number of carbonyl (C=O) groups excluding carboxylic acids is 1. The monoisotopic (exact) mass is 391 g/mol. The van der Waals surface area contributed by atoms with Crippen molar-refractivity contribution in [1.82, 2.24) is 14.5 Å². The second kappa shape index (κ2) is 8.49. The fourth-order valence-electron chi connectivity index (χ4n) is 2.98. The van der Waals surface area contributed by atoms with Crippen LogP contribution in [0.4, 0.5) is 4.79 Å². The van der Waals surface area contributed by atoms with Crippen LogP contribution in [-0.2, 0) is 16.2 Å². The van der Waals surface area contributed by atoms with Gasteiger partial charge < -0.3 is 14.0 Å². The van der Waals surface area contributed by atoms with Gasteiger partial charge in [0.05, 0.1) is 6.04 Å². The lowest BCUT2D eigenvalue weighted by atomic mass is 10.2. The zero-order chi connectivity index (χ0) is 20.2. The molecule has 150 valence electrons. The summed E-state index contributed by atoms with van der Waals surface area (Å²) in [4.78, 5) is 18.9. The molecule has 6 nitrogen and oxygen atoms in total. The molecule has 1 atom stereocenters. The molecule has 0 saturated carbocycles. The van der Waals surface area contributed by atoms with E-state index >= 15 is 0 Å². The molecule has 0 aromatic carbocycles. The van der Waals surface area contributed by atoms with Crippen LogP contribution in [0.3, 0.4) is 0 Å². The molecule has 0 radical (unpaired) electrons. The quantitative estimate of drug-likeness (QED) is 0.413. The molecule has 2 rings (SSSR count). The number of hydrogen-bond acceptors (Lipinski definition) is 4. The third-order valence-corrected chi connectivity index (χ3v) is 6.07. The van der Waals surface area contributed by atoms with Gasteiger partial charge in [-0.3, -0.25) is 4.90 Å². The van der Waals surface area contributed by atoms with Crippen LogP contribution < -0.4 is 0 Å². The van der Waals surface area contributed by atoms with Gasteiger partial charge in [0.1, 0.15) is 23.9 Å². The lowest BCUT2D eigenvalue weighted by Crippen LogP contribution is -2.37. The van der Waals surface area contributed by atoms with Crippen LogP contribution in [0.2, 0.25) is 25.7 Å². The molecular formula is C20H33N3O3Si. The Kier molecular flexibility index (Phi) is 6.76. The van der Waals surface area contributed by atoms with E-state index in [0.29, 0.717) is 19.0 Å². The predicted molar refractivity (Wildman–Crippen MR) is 109 cm³/mol. The van der Waals surface area contributed by atoms with E-state index in [1.54, 1.807) is 4.90 Å². The van der Waals surface area contributed by atoms with Gasteiger partial charge in [0, 0.05) is 27.4 Å². The second-order valence-electron chi connectivity index (χ2n) is 9.28. The molecule has 1 aliphatic heterocycles. The molecular weight excluding hydrogens is 358 g/mol. The lowest BCUT2D eigenvalue weighted by molar-refractivity contribution is 0.0204. The van der Waals surface area contributed by atoms with E-state index in [9.17, 15) is 4.79 Å². The highest BCUT2D eigenvalue weighted by Gasteiger charge is 2.36. The SMILES string of the molecule is C#Cc1cn(COCC[Si](C)(C)C)c(C2CCCN2C(=O)OC(C)(C)C)n1. The van der Waals surface area contributed by atoms with Crippen molar-refractivity contribution in [3.05, 3.63) is 17.7 Å². The molecule has 1 aromatic heterocycles. The molecule has 1 unspecified atom stereocenters. The minimum atomic E-state index is -1.14. The zero-order valence-electron chi connectivity index (χ0n) is 17.5. The fraction of sp³-hybridized carbons (Fsp3) is 0.700. The maximum Gasteiger partial charge on any atom is 0.410 e. The number of nitrogens with zero attached hydrogens (tertiary/aromatic N) is 3. The summed E-state index contributed by atoms with van der Waals surface area (Å²) in [5.41, 5.74) is 0.0404. The summed E-state index contributed by atoms with van der Waals surface area (Å²) in [5, 5.41) is 0. The summed E-state index contributed by atoms with van der Waals surface area (Å²) in [6, 6.07) is 0.967. The number of terminal acetylenes is 1. The summed E-state index contributed by atoms with van der Waals surface area (Å²) in [7, 11) is -1.14. The van der Waals surface area contributed by atoms with E-state index in [1.165, 1.54) is 0 Å². The van der Waals surface area contributed by atoms with E-state index in [-0.39, 0.29) is 12.1 Å². The van der Waals surface area contributed by atoms with E-state index < -0.39 is 13.7 Å². The van der Waals surface area contributed by atoms with Gasteiger partial charge in [-0.2, -0.15) is 0 Å². The first-order valence-corrected chi connectivity index (χ1v) is 13.3. The average molecular weight is 392 g/mol. The molecule has 1 saturated heterocycles. The zero-order valence-corrected chi connectivity index (χ0v) is 18.5. The van der Waals surface area contributed by atoms with Crippen molar-refractivity contribution in [2.75, 3.05) is 13.2 Å². The van der Waals surface area contributed by atoms with Crippen molar-refractivity contribution in [3.63, 3.8) is 0 Å². The number of hydrogen-bond donors (Lipinski definition) is 0. The maximum absolute atomic E-state index is 12.6. The molecule has 0 bridgehead atoms. The van der Waals surface area contributed by atoms with Gasteiger partial charge in [0.2, 0.25) is 0 Å². The molecule has 0 spiro atoms. The van der Waals surface area contributed by atoms with Crippen LogP contribution in [0.25, 0.3) is 0 Å². The Morgan fingerprint density at radius 1 is 1.41 bits per heavy atom. The molecule has 0 N–H and O–H groups in total. The van der Waals surface area contributed by atoms with Crippen molar-refractivity contribution in [2.24, 2.45) is 0 Å². The highest BCUT2D eigenvalue weighted by atomic mass is 28.3. The smallest absolute Gasteiger partial charge is 0.410 e. The van der Waals surface area contributed by atoms with E-state index in [0.717, 1.165) is 31.3 Å². The Bertz CT molecular complexity index is 695. The Morgan fingerprint density at radius 2 is 2.11 bits per heavy atom. The molecule has 2 heterocycles. The first-order chi connectivity index (χ1) is 12.5. The largest absolute Gasteiger partial charge is 0.444 e. The van der Waals surface area contributed by atoms with Crippen LogP contribution >= 0.6 is 0 Å². The van der Waals surface area contributed by atoms with Crippen molar-refractivity contribution >= 4 is 14.2 Å². The van der Waals surface area contributed by atoms with Gasteiger partial charge >= 0.3 is 6.09 Å². The van der Waals surface area contributed by atoms with Gasteiger partial charge in [0.25, 0.3) is 0 Å². The van der Waals surface area contributed by atoms with Crippen LogP contribution in [-0.4, -0.2) is 47.4 Å². The number of likely N-dealkylation sites (tertiary alicyclic amines) is 1. The van der Waals surface area contributed by atoms with Gasteiger partial charge in [-0.25, -0.2) is 9.78 Å². The molecule has 1 fully saturated rings. The Hall–Kier alpha value is -1.78. The van der Waals surface area contributed by atoms with Crippen LogP contribution in [0, 0.1) is 12.3 Å². The second-order valence-corrected chi connectivity index (χ2v) is 14.9. The maximum atomic E-state index is 12.6. The van der Waals surface area contributed by atoms with Crippen molar-refractivity contribution in [3.8, 4) is 12.3 Å². The number of carbonyl (C=O) groups is 1. The van der Waals surface area contributed by atoms with Crippen molar-refractivity contribution in [1.29, 1.82) is 0 Å². The van der Waals surface area contributed by atoms with Crippen LogP contribution in [0.15, 0.2) is 6.20 Å². The summed E-state index contributed by atoms with van der Waals surface area (Å²) < 4.78 is 13.4. The molecule has 1 aromatic rings. The van der Waals surface area contributed by atoms with Crippen molar-refractivity contribution < 1.29 is 14.3 Å². The number of aromatic nitrogens is 2. The molecule has 7 heteroatoms. The molecule has 0 aliphatic carbocycles. The standard InChI is InChI=1S/C20H33N3O3Si/c1-8-16-14-22(15-25-12-13-27(5,6)7)18(21-16)17-10-9-11-23(17)19(24)26-20(2,3)4/h1,14,17H,9-13,15H2,2-7H3. The first-order valence-electron chi connectivity index (χ1n) is 9.61. The fourth-order valence-corrected chi connectivity index (χ4v) is 3.74. The Labute approximate surface area is 164 Å². The van der Waals surface area contributed by atoms with Gasteiger partial charge in [-0.05, 0) is 45.6 Å². The van der Waals surface area contributed by atoms with Crippen LogP contribution in [0.5, 0.6) is 0 Å². The van der Waals surface area contributed by atoms with Gasteiger partial charge in [-0.1, -0.05) is 19.6 Å². The average Bonchev–Trinajstić information content (AvgIpc) is 3.15. The topological polar surface area (TPSA) is 56.6 Å². The molecule has 1 amide bonds. The summed E-state index contributed by atoms with van der Waals surface area (Å²) in [5.74, 6) is 3.37. The Balaban J connectivity index is 2.12. The number of ether oxygens (including phenoxy) is 2. The predicted octanol–water partition coefficient (Wildman–Crippen LogP) is 4.25. The van der Waals surface area contributed by atoms with E-state index in [2.05, 4.69) is 30.5 Å². The molecule has 27 heavy (non-hydrogen) atoms. The number of rotatable bonds is 6. The van der Waals surface area contributed by atoms with Crippen LogP contribution in [0.1, 0.15) is 51.2 Å². The highest BCUT2D eigenvalue weighted by Crippen LogP contribution is 2.33. The summed E-state index contributed by atoms with van der Waals surface area (Å²) in [6.45, 7) is 14.4. The number of amides is 1. The minimum Gasteiger partial charge on any atom is -0.444 e. The summed E-state index contributed by atoms with van der Waals surface area (Å²) >= 11 is 0. The third-order valence-electron chi connectivity index (χ3n) is 4.36. The minimum absolute atomic E-state index is 0.137. The normalized spacial score (nSPS) is 17.8. The van der Waals surface area contributed by atoms with E-state index in [1.807, 2.05) is 31.5 Å². The summed E-state index contributed by atoms with van der Waals surface area (Å²) in [6.07, 6.45) is 8.84. The third kappa shape index (κ3) is 6.40. The Morgan fingerprint density at radius 3 is 2.70 bits per heavy atom. The number of imidazole rings is 1. The first kappa shape index (κ1) is 21.5.